The van der Waals surface area contributed by atoms with E-state index in [1.165, 1.54) is 12.1 Å². The van der Waals surface area contributed by atoms with Crippen molar-refractivity contribution < 1.29 is 37.0 Å². The Bertz CT molecular complexity index is 1270. The summed E-state index contributed by atoms with van der Waals surface area (Å²) in [6, 6.07) is 18.4. The molecule has 0 aliphatic carbocycles. The molecule has 0 saturated carbocycles. The molecular formula is C29H29F3N2O5. The highest BCUT2D eigenvalue weighted by molar-refractivity contribution is 6.08. The predicted octanol–water partition coefficient (Wildman–Crippen LogP) is 6.25. The third-order valence-corrected chi connectivity index (χ3v) is 6.30. The van der Waals surface area contributed by atoms with E-state index < -0.39 is 17.6 Å². The van der Waals surface area contributed by atoms with Gasteiger partial charge in [0.25, 0.3) is 5.91 Å². The largest absolute Gasteiger partial charge is 0.490 e. The summed E-state index contributed by atoms with van der Waals surface area (Å²) in [6.45, 7) is 1.57. The van der Waals surface area contributed by atoms with Crippen LogP contribution in [0.25, 0.3) is 11.1 Å². The molecule has 206 valence electrons. The summed E-state index contributed by atoms with van der Waals surface area (Å²) < 4.78 is 55.0. The molecule has 10 heteroatoms. The first-order valence-corrected chi connectivity index (χ1v) is 12.5. The number of likely N-dealkylation sites (tertiary alicyclic amines) is 1. The van der Waals surface area contributed by atoms with E-state index >= 15 is 0 Å². The van der Waals surface area contributed by atoms with Crippen molar-refractivity contribution in [2.24, 2.45) is 0 Å². The molecule has 1 fully saturated rings. The van der Waals surface area contributed by atoms with E-state index in [0.29, 0.717) is 60.7 Å². The number of methoxy groups -OCH3 is 1. The molecule has 1 heterocycles. The van der Waals surface area contributed by atoms with Gasteiger partial charge in [-0.15, -0.1) is 0 Å². The highest BCUT2D eigenvalue weighted by Crippen LogP contribution is 2.32. The van der Waals surface area contributed by atoms with E-state index in [4.69, 9.17) is 14.2 Å². The van der Waals surface area contributed by atoms with Gasteiger partial charge in [-0.1, -0.05) is 36.4 Å². The number of anilines is 1. The van der Waals surface area contributed by atoms with Gasteiger partial charge in [-0.3, -0.25) is 4.79 Å². The van der Waals surface area contributed by atoms with Crippen LogP contribution in [0.4, 0.5) is 23.7 Å². The number of amides is 2. The first-order valence-electron chi connectivity index (χ1n) is 12.5. The van der Waals surface area contributed by atoms with Gasteiger partial charge in [0.15, 0.2) is 0 Å². The fourth-order valence-electron chi connectivity index (χ4n) is 4.27. The Balaban J connectivity index is 1.37. The van der Waals surface area contributed by atoms with Crippen molar-refractivity contribution in [2.45, 2.75) is 25.1 Å². The van der Waals surface area contributed by atoms with E-state index in [1.807, 2.05) is 0 Å². The Labute approximate surface area is 224 Å². The van der Waals surface area contributed by atoms with Crippen molar-refractivity contribution in [3.63, 3.8) is 0 Å². The molecule has 0 aromatic heterocycles. The number of carbonyl (C=O) groups is 2. The van der Waals surface area contributed by atoms with E-state index in [0.717, 1.165) is 12.1 Å². The van der Waals surface area contributed by atoms with Crippen molar-refractivity contribution in [1.29, 1.82) is 0 Å². The molecule has 0 atom stereocenters. The van der Waals surface area contributed by atoms with Gasteiger partial charge in [-0.05, 0) is 41.5 Å². The van der Waals surface area contributed by atoms with Gasteiger partial charge in [-0.2, -0.15) is 13.2 Å². The molecule has 2 amide bonds. The number of piperidine rings is 1. The van der Waals surface area contributed by atoms with Crippen LogP contribution in [-0.2, 0) is 15.7 Å². The summed E-state index contributed by atoms with van der Waals surface area (Å²) in [5.41, 5.74) is 1.10. The maximum atomic E-state index is 13.1. The van der Waals surface area contributed by atoms with Crippen LogP contribution in [0.1, 0.15) is 28.8 Å². The number of benzene rings is 3. The zero-order valence-electron chi connectivity index (χ0n) is 21.4. The summed E-state index contributed by atoms with van der Waals surface area (Å²) in [5.74, 6) is 0.174. The van der Waals surface area contributed by atoms with Crippen LogP contribution in [0.2, 0.25) is 0 Å². The standard InChI is InChI=1S/C29H29F3N2O5/c1-37-17-18-38-28(36)34-15-13-23(14-16-34)39-24-6-4-5-22(19-24)33-27(35)26-8-3-2-7-25(26)20-9-11-21(12-10-20)29(30,31)32/h2-12,19,23H,13-18H2,1H3,(H,33,35). The maximum absolute atomic E-state index is 13.1. The molecule has 39 heavy (non-hydrogen) atoms. The Hall–Kier alpha value is -4.05. The fraction of sp³-hybridized carbons (Fsp3) is 0.310. The number of rotatable bonds is 8. The number of ether oxygens (including phenoxy) is 3. The van der Waals surface area contributed by atoms with Crippen LogP contribution >= 0.6 is 0 Å². The molecule has 1 aliphatic rings. The van der Waals surface area contributed by atoms with E-state index in [1.54, 1.807) is 60.5 Å². The summed E-state index contributed by atoms with van der Waals surface area (Å²) in [7, 11) is 1.54. The van der Waals surface area contributed by atoms with Crippen LogP contribution in [0.5, 0.6) is 5.75 Å². The molecule has 1 aliphatic heterocycles. The molecule has 0 bridgehead atoms. The number of nitrogens with one attached hydrogen (secondary N) is 1. The topological polar surface area (TPSA) is 77.1 Å². The minimum Gasteiger partial charge on any atom is -0.490 e. The molecular weight excluding hydrogens is 513 g/mol. The van der Waals surface area contributed by atoms with Crippen molar-refractivity contribution in [2.75, 3.05) is 38.7 Å². The second-order valence-corrected chi connectivity index (χ2v) is 9.01. The Morgan fingerprint density at radius 1 is 0.949 bits per heavy atom. The lowest BCUT2D eigenvalue weighted by atomic mass is 9.98. The number of alkyl halides is 3. The number of hydrogen-bond donors (Lipinski definition) is 1. The minimum absolute atomic E-state index is 0.0978. The number of nitrogens with zero attached hydrogens (tertiary/aromatic N) is 1. The van der Waals surface area contributed by atoms with Gasteiger partial charge in [-0.25, -0.2) is 4.79 Å². The van der Waals surface area contributed by atoms with Gasteiger partial charge in [0, 0.05) is 50.4 Å². The van der Waals surface area contributed by atoms with Crippen LogP contribution in [0.15, 0.2) is 72.8 Å². The van der Waals surface area contributed by atoms with Gasteiger partial charge in [0.1, 0.15) is 18.5 Å². The fourth-order valence-corrected chi connectivity index (χ4v) is 4.27. The first kappa shape index (κ1) is 28.0. The van der Waals surface area contributed by atoms with Gasteiger partial charge in [0.2, 0.25) is 0 Å². The summed E-state index contributed by atoms with van der Waals surface area (Å²) in [4.78, 5) is 26.9. The third kappa shape index (κ3) is 7.51. The Morgan fingerprint density at radius 3 is 2.36 bits per heavy atom. The molecule has 3 aromatic rings. The summed E-state index contributed by atoms with van der Waals surface area (Å²) >= 11 is 0. The molecule has 0 unspecified atom stereocenters. The number of carbonyl (C=O) groups excluding carboxylic acids is 2. The average molecular weight is 543 g/mol. The maximum Gasteiger partial charge on any atom is 0.416 e. The zero-order valence-corrected chi connectivity index (χ0v) is 21.4. The Morgan fingerprint density at radius 2 is 1.67 bits per heavy atom. The van der Waals surface area contributed by atoms with Crippen LogP contribution in [-0.4, -0.2) is 56.4 Å². The number of halogens is 3. The van der Waals surface area contributed by atoms with E-state index in [9.17, 15) is 22.8 Å². The zero-order chi connectivity index (χ0) is 27.8. The molecule has 7 nitrogen and oxygen atoms in total. The highest BCUT2D eigenvalue weighted by atomic mass is 19.4. The predicted molar refractivity (Wildman–Crippen MR) is 140 cm³/mol. The minimum atomic E-state index is -4.44. The van der Waals surface area contributed by atoms with Crippen LogP contribution in [0, 0.1) is 0 Å². The Kier molecular flexibility index (Phi) is 9.08. The van der Waals surface area contributed by atoms with Crippen molar-refractivity contribution in [3.8, 4) is 16.9 Å². The second kappa shape index (κ2) is 12.7. The molecule has 4 rings (SSSR count). The molecule has 0 radical (unpaired) electrons. The average Bonchev–Trinajstić information content (AvgIpc) is 2.93. The van der Waals surface area contributed by atoms with Crippen LogP contribution in [0.3, 0.4) is 0 Å². The molecule has 1 N–H and O–H groups in total. The van der Waals surface area contributed by atoms with Gasteiger partial charge < -0.3 is 24.4 Å². The lowest BCUT2D eigenvalue weighted by Gasteiger charge is -2.31. The molecule has 3 aromatic carbocycles. The van der Waals surface area contributed by atoms with Crippen molar-refractivity contribution in [1.82, 2.24) is 4.90 Å². The summed E-state index contributed by atoms with van der Waals surface area (Å²) in [5, 5.41) is 2.85. The number of hydrogen-bond acceptors (Lipinski definition) is 5. The highest BCUT2D eigenvalue weighted by Gasteiger charge is 2.30. The van der Waals surface area contributed by atoms with E-state index in [2.05, 4.69) is 5.32 Å². The smallest absolute Gasteiger partial charge is 0.416 e. The quantitative estimate of drug-likeness (QED) is 0.341. The van der Waals surface area contributed by atoms with Gasteiger partial charge in [0.05, 0.1) is 12.2 Å². The van der Waals surface area contributed by atoms with Crippen molar-refractivity contribution in [3.05, 3.63) is 83.9 Å². The summed E-state index contributed by atoms with van der Waals surface area (Å²) in [6.07, 6.45) is -3.63. The molecule has 1 saturated heterocycles. The first-order chi connectivity index (χ1) is 18.7. The second-order valence-electron chi connectivity index (χ2n) is 9.01. The lowest BCUT2D eigenvalue weighted by molar-refractivity contribution is -0.137. The lowest BCUT2D eigenvalue weighted by Crippen LogP contribution is -2.42. The van der Waals surface area contributed by atoms with Crippen LogP contribution < -0.4 is 10.1 Å². The van der Waals surface area contributed by atoms with E-state index in [-0.39, 0.29) is 18.8 Å². The third-order valence-electron chi connectivity index (χ3n) is 6.30. The monoisotopic (exact) mass is 542 g/mol. The van der Waals surface area contributed by atoms with Crippen molar-refractivity contribution >= 4 is 17.7 Å². The van der Waals surface area contributed by atoms with Gasteiger partial charge >= 0.3 is 12.3 Å². The normalized spacial score (nSPS) is 14.1. The SMILES string of the molecule is COCCOC(=O)N1CCC(Oc2cccc(NC(=O)c3ccccc3-c3ccc(C(F)(F)F)cc3)c2)CC1. The molecule has 0 spiro atoms.